The van der Waals surface area contributed by atoms with Crippen LogP contribution < -0.4 is 10.1 Å². The van der Waals surface area contributed by atoms with E-state index in [1.807, 2.05) is 30.3 Å². The molecule has 2 aliphatic rings. The molecule has 1 aromatic carbocycles. The second-order valence-corrected chi connectivity index (χ2v) is 7.12. The Hall–Kier alpha value is -1.55. The van der Waals surface area contributed by atoms with E-state index in [1.165, 1.54) is 19.3 Å². The predicted octanol–water partition coefficient (Wildman–Crippen LogP) is 3.23. The minimum Gasteiger partial charge on any atom is -0.492 e. The van der Waals surface area contributed by atoms with E-state index in [4.69, 9.17) is 4.74 Å². The number of ether oxygens (including phenoxy) is 1. The quantitative estimate of drug-likeness (QED) is 0.871. The molecule has 1 saturated heterocycles. The summed E-state index contributed by atoms with van der Waals surface area (Å²) < 4.78 is 5.77. The van der Waals surface area contributed by atoms with Crippen LogP contribution in [-0.4, -0.2) is 43.1 Å². The third kappa shape index (κ3) is 5.23. The molecule has 1 heterocycles. The topological polar surface area (TPSA) is 41.6 Å². The fourth-order valence-electron chi connectivity index (χ4n) is 3.79. The van der Waals surface area contributed by atoms with Gasteiger partial charge in [0.15, 0.2) is 0 Å². The number of carbonyl (C=O) groups excluding carboxylic acids is 1. The van der Waals surface area contributed by atoms with E-state index >= 15 is 0 Å². The summed E-state index contributed by atoms with van der Waals surface area (Å²) in [4.78, 5) is 14.8. The highest BCUT2D eigenvalue weighted by Crippen LogP contribution is 2.24. The van der Waals surface area contributed by atoms with Gasteiger partial charge in [-0.25, -0.2) is 0 Å². The van der Waals surface area contributed by atoms with E-state index in [-0.39, 0.29) is 5.92 Å². The highest BCUT2D eigenvalue weighted by atomic mass is 16.5. The number of likely N-dealkylation sites (tertiary alicyclic amines) is 1. The number of rotatable bonds is 6. The van der Waals surface area contributed by atoms with Crippen molar-refractivity contribution < 1.29 is 9.53 Å². The SMILES string of the molecule is O=C(NC1CCN(CCOc2ccccc2)CC1)C1CCCCC1. The minimum atomic E-state index is 0.274. The molecule has 2 fully saturated rings. The van der Waals surface area contributed by atoms with Crippen LogP contribution in [0.5, 0.6) is 5.75 Å². The zero-order valence-electron chi connectivity index (χ0n) is 14.6. The lowest BCUT2D eigenvalue weighted by Gasteiger charge is -2.33. The van der Waals surface area contributed by atoms with Crippen LogP contribution in [0, 0.1) is 5.92 Å². The van der Waals surface area contributed by atoms with Crippen LogP contribution in [0.15, 0.2) is 30.3 Å². The number of piperidine rings is 1. The number of para-hydroxylation sites is 1. The van der Waals surface area contributed by atoms with Crippen molar-refractivity contribution in [1.82, 2.24) is 10.2 Å². The van der Waals surface area contributed by atoms with Crippen LogP contribution in [-0.2, 0) is 4.79 Å². The van der Waals surface area contributed by atoms with E-state index in [1.54, 1.807) is 0 Å². The molecule has 1 aromatic rings. The van der Waals surface area contributed by atoms with Crippen LogP contribution in [0.4, 0.5) is 0 Å². The maximum Gasteiger partial charge on any atom is 0.223 e. The number of carbonyl (C=O) groups is 1. The van der Waals surface area contributed by atoms with E-state index in [0.29, 0.717) is 11.9 Å². The fraction of sp³-hybridized carbons (Fsp3) is 0.650. The molecule has 24 heavy (non-hydrogen) atoms. The van der Waals surface area contributed by atoms with Gasteiger partial charge in [0.1, 0.15) is 12.4 Å². The van der Waals surface area contributed by atoms with Crippen molar-refractivity contribution in [3.8, 4) is 5.75 Å². The van der Waals surface area contributed by atoms with Crippen LogP contribution in [0.25, 0.3) is 0 Å². The average molecular weight is 330 g/mol. The van der Waals surface area contributed by atoms with Gasteiger partial charge in [-0.15, -0.1) is 0 Å². The van der Waals surface area contributed by atoms with Gasteiger partial charge in [0.05, 0.1) is 0 Å². The van der Waals surface area contributed by atoms with Crippen LogP contribution in [0.1, 0.15) is 44.9 Å². The maximum absolute atomic E-state index is 12.3. The lowest BCUT2D eigenvalue weighted by molar-refractivity contribution is -0.127. The summed E-state index contributed by atoms with van der Waals surface area (Å²) >= 11 is 0. The second-order valence-electron chi connectivity index (χ2n) is 7.12. The summed E-state index contributed by atoms with van der Waals surface area (Å²) in [6.07, 6.45) is 8.03. The number of nitrogens with one attached hydrogen (secondary N) is 1. The van der Waals surface area contributed by atoms with Gasteiger partial charge < -0.3 is 10.1 Å². The van der Waals surface area contributed by atoms with Crippen molar-refractivity contribution >= 4 is 5.91 Å². The molecule has 1 aliphatic heterocycles. The first-order valence-electron chi connectivity index (χ1n) is 9.52. The standard InChI is InChI=1S/C20H30N2O2/c23-20(17-7-3-1-4-8-17)21-18-11-13-22(14-12-18)15-16-24-19-9-5-2-6-10-19/h2,5-6,9-10,17-18H,1,3-4,7-8,11-16H2,(H,21,23). The Morgan fingerprint density at radius 1 is 1.04 bits per heavy atom. The zero-order chi connectivity index (χ0) is 16.6. The Morgan fingerprint density at radius 3 is 2.46 bits per heavy atom. The Balaban J connectivity index is 1.31. The fourth-order valence-corrected chi connectivity index (χ4v) is 3.79. The minimum absolute atomic E-state index is 0.274. The summed E-state index contributed by atoms with van der Waals surface area (Å²) in [5.74, 6) is 1.52. The number of hydrogen-bond donors (Lipinski definition) is 1. The molecule has 0 bridgehead atoms. The van der Waals surface area contributed by atoms with Gasteiger partial charge in [0, 0.05) is 31.6 Å². The normalized spacial score (nSPS) is 20.7. The summed E-state index contributed by atoms with van der Waals surface area (Å²) in [6.45, 7) is 3.78. The van der Waals surface area contributed by atoms with E-state index in [9.17, 15) is 4.79 Å². The molecule has 0 aromatic heterocycles. The van der Waals surface area contributed by atoms with Crippen LogP contribution in [0.3, 0.4) is 0 Å². The molecule has 0 spiro atoms. The first kappa shape index (κ1) is 17.3. The Morgan fingerprint density at radius 2 is 1.75 bits per heavy atom. The Bertz CT molecular complexity index is 492. The highest BCUT2D eigenvalue weighted by molar-refractivity contribution is 5.79. The maximum atomic E-state index is 12.3. The number of hydrogen-bond acceptors (Lipinski definition) is 3. The smallest absolute Gasteiger partial charge is 0.223 e. The average Bonchev–Trinajstić information content (AvgIpc) is 2.65. The summed E-state index contributed by atoms with van der Waals surface area (Å²) in [7, 11) is 0. The summed E-state index contributed by atoms with van der Waals surface area (Å²) in [5.41, 5.74) is 0. The second kappa shape index (κ2) is 9.07. The molecule has 4 nitrogen and oxygen atoms in total. The van der Waals surface area contributed by atoms with E-state index in [2.05, 4.69) is 10.2 Å². The first-order valence-corrected chi connectivity index (χ1v) is 9.52. The van der Waals surface area contributed by atoms with Gasteiger partial charge in [-0.05, 0) is 37.8 Å². The van der Waals surface area contributed by atoms with Gasteiger partial charge in [-0.3, -0.25) is 9.69 Å². The summed E-state index contributed by atoms with van der Waals surface area (Å²) in [5, 5.41) is 3.29. The van der Waals surface area contributed by atoms with Crippen LogP contribution >= 0.6 is 0 Å². The molecule has 0 atom stereocenters. The van der Waals surface area contributed by atoms with Crippen LogP contribution in [0.2, 0.25) is 0 Å². The molecular formula is C20H30N2O2. The monoisotopic (exact) mass is 330 g/mol. The predicted molar refractivity (Wildman–Crippen MR) is 96.1 cm³/mol. The molecule has 3 rings (SSSR count). The molecule has 1 aliphatic carbocycles. The molecular weight excluding hydrogens is 300 g/mol. The molecule has 1 N–H and O–H groups in total. The lowest BCUT2D eigenvalue weighted by Crippen LogP contribution is -2.47. The molecule has 4 heteroatoms. The van der Waals surface area contributed by atoms with Crippen molar-refractivity contribution in [2.24, 2.45) is 5.92 Å². The first-order chi connectivity index (χ1) is 11.8. The number of benzene rings is 1. The van der Waals surface area contributed by atoms with Gasteiger partial charge in [-0.2, -0.15) is 0 Å². The molecule has 1 saturated carbocycles. The van der Waals surface area contributed by atoms with E-state index in [0.717, 1.165) is 57.7 Å². The molecule has 132 valence electrons. The third-order valence-electron chi connectivity index (χ3n) is 5.33. The highest BCUT2D eigenvalue weighted by Gasteiger charge is 2.25. The van der Waals surface area contributed by atoms with Crippen molar-refractivity contribution in [1.29, 1.82) is 0 Å². The molecule has 1 amide bonds. The van der Waals surface area contributed by atoms with Crippen molar-refractivity contribution in [3.05, 3.63) is 30.3 Å². The Labute approximate surface area is 145 Å². The van der Waals surface area contributed by atoms with Gasteiger partial charge >= 0.3 is 0 Å². The largest absolute Gasteiger partial charge is 0.492 e. The van der Waals surface area contributed by atoms with Crippen molar-refractivity contribution in [2.45, 2.75) is 51.0 Å². The number of nitrogens with zero attached hydrogens (tertiary/aromatic N) is 1. The zero-order valence-corrected chi connectivity index (χ0v) is 14.6. The van der Waals surface area contributed by atoms with Crippen molar-refractivity contribution in [2.75, 3.05) is 26.2 Å². The van der Waals surface area contributed by atoms with E-state index < -0.39 is 0 Å². The Kier molecular flexibility index (Phi) is 6.53. The lowest BCUT2D eigenvalue weighted by atomic mass is 9.88. The van der Waals surface area contributed by atoms with Gasteiger partial charge in [0.2, 0.25) is 5.91 Å². The van der Waals surface area contributed by atoms with Gasteiger partial charge in [0.25, 0.3) is 0 Å². The molecule has 0 radical (unpaired) electrons. The van der Waals surface area contributed by atoms with Crippen molar-refractivity contribution in [3.63, 3.8) is 0 Å². The third-order valence-corrected chi connectivity index (χ3v) is 5.33. The molecule has 0 unspecified atom stereocenters. The van der Waals surface area contributed by atoms with Gasteiger partial charge in [-0.1, -0.05) is 37.5 Å². The summed E-state index contributed by atoms with van der Waals surface area (Å²) in [6, 6.07) is 10.3. The number of amides is 1.